The van der Waals surface area contributed by atoms with Crippen molar-refractivity contribution in [3.63, 3.8) is 0 Å². The molecule has 0 aliphatic carbocycles. The maximum absolute atomic E-state index is 6.20. The molecule has 100 valence electrons. The lowest BCUT2D eigenvalue weighted by molar-refractivity contribution is -0.0452. The van der Waals surface area contributed by atoms with Crippen LogP contribution in [0.5, 0.6) is 0 Å². The molecule has 0 amide bonds. The summed E-state index contributed by atoms with van der Waals surface area (Å²) in [5.74, 6) is 0.601. The fraction of sp³-hybridized carbons (Fsp3) is 0.375. The van der Waals surface area contributed by atoms with Crippen LogP contribution in [0.25, 0.3) is 0 Å². The first kappa shape index (κ1) is 13.3. The number of hydrogen-bond acceptors (Lipinski definition) is 2. The summed E-state index contributed by atoms with van der Waals surface area (Å²) in [6.45, 7) is 0. The third kappa shape index (κ3) is 3.10. The van der Waals surface area contributed by atoms with Crippen LogP contribution in [-0.2, 0) is 4.74 Å². The molecule has 0 unspecified atom stereocenters. The van der Waals surface area contributed by atoms with E-state index in [2.05, 4.69) is 63.8 Å². The molecule has 1 aromatic heterocycles. The predicted octanol–water partition coefficient (Wildman–Crippen LogP) is 5.15. The van der Waals surface area contributed by atoms with E-state index < -0.39 is 0 Å². The number of rotatable bonds is 3. The lowest BCUT2D eigenvalue weighted by Gasteiger charge is -2.34. The molecule has 3 heteroatoms. The number of hydrogen-bond donors (Lipinski definition) is 0. The Morgan fingerprint density at radius 3 is 2.63 bits per heavy atom. The van der Waals surface area contributed by atoms with Crippen molar-refractivity contribution in [1.82, 2.24) is 0 Å². The Balaban J connectivity index is 1.82. The molecule has 1 saturated heterocycles. The second-order valence-electron chi connectivity index (χ2n) is 5.00. The first-order chi connectivity index (χ1) is 9.36. The van der Waals surface area contributed by atoms with E-state index in [4.69, 9.17) is 4.74 Å². The minimum atomic E-state index is 0.251. The molecule has 0 bridgehead atoms. The Morgan fingerprint density at radius 2 is 1.95 bits per heavy atom. The number of alkyl halides is 1. The van der Waals surface area contributed by atoms with E-state index >= 15 is 0 Å². The van der Waals surface area contributed by atoms with Gasteiger partial charge in [-0.25, -0.2) is 0 Å². The minimum absolute atomic E-state index is 0.251. The van der Waals surface area contributed by atoms with Gasteiger partial charge in [-0.3, -0.25) is 0 Å². The van der Waals surface area contributed by atoms with Crippen LogP contribution < -0.4 is 0 Å². The Morgan fingerprint density at radius 1 is 1.11 bits per heavy atom. The molecule has 1 fully saturated rings. The van der Waals surface area contributed by atoms with Gasteiger partial charge in [0, 0.05) is 10.2 Å². The summed E-state index contributed by atoms with van der Waals surface area (Å²) >= 11 is 5.38. The zero-order valence-electron chi connectivity index (χ0n) is 10.7. The van der Waals surface area contributed by atoms with E-state index in [9.17, 15) is 0 Å². The van der Waals surface area contributed by atoms with E-state index in [0.717, 1.165) is 18.2 Å². The number of halogens is 1. The summed E-state index contributed by atoms with van der Waals surface area (Å²) in [6, 6.07) is 15.1. The van der Waals surface area contributed by atoms with Crippen molar-refractivity contribution >= 4 is 27.3 Å². The van der Waals surface area contributed by atoms with Crippen molar-refractivity contribution in [1.29, 1.82) is 0 Å². The zero-order valence-corrected chi connectivity index (χ0v) is 13.1. The first-order valence-corrected chi connectivity index (χ1v) is 8.66. The van der Waals surface area contributed by atoms with Gasteiger partial charge in [0.25, 0.3) is 0 Å². The van der Waals surface area contributed by atoms with Crippen LogP contribution in [0.15, 0.2) is 47.8 Å². The van der Waals surface area contributed by atoms with Crippen LogP contribution >= 0.6 is 27.3 Å². The molecule has 2 aromatic rings. The fourth-order valence-corrected chi connectivity index (χ4v) is 3.96. The van der Waals surface area contributed by atoms with Crippen LogP contribution in [0, 0.1) is 0 Å². The quantitative estimate of drug-likeness (QED) is 0.704. The van der Waals surface area contributed by atoms with Gasteiger partial charge in [-0.1, -0.05) is 52.3 Å². The second-order valence-corrected chi connectivity index (χ2v) is 6.62. The van der Waals surface area contributed by atoms with Crippen LogP contribution in [0.1, 0.15) is 35.3 Å². The summed E-state index contributed by atoms with van der Waals surface area (Å²) in [5.41, 5.74) is 1.44. The molecular formula is C16H17BrOS. The van der Waals surface area contributed by atoms with Crippen molar-refractivity contribution in [3.8, 4) is 0 Å². The van der Waals surface area contributed by atoms with Gasteiger partial charge in [0.1, 0.15) is 0 Å². The molecule has 0 saturated carbocycles. The van der Waals surface area contributed by atoms with Gasteiger partial charge < -0.3 is 4.74 Å². The monoisotopic (exact) mass is 336 g/mol. The third-order valence-corrected chi connectivity index (χ3v) is 5.39. The Hall–Kier alpha value is -0.640. The summed E-state index contributed by atoms with van der Waals surface area (Å²) in [4.78, 5) is 1.35. The maximum atomic E-state index is 6.20. The molecule has 0 N–H and O–H groups in total. The Labute approximate surface area is 126 Å². The minimum Gasteiger partial charge on any atom is -0.369 e. The normalized spacial score (nSPS) is 27.3. The average Bonchev–Trinajstić information content (AvgIpc) is 3.02. The molecule has 3 atom stereocenters. The van der Waals surface area contributed by atoms with Crippen LogP contribution in [0.4, 0.5) is 0 Å². The summed E-state index contributed by atoms with van der Waals surface area (Å²) in [6.07, 6.45) is 2.76. The highest BCUT2D eigenvalue weighted by molar-refractivity contribution is 9.09. The summed E-state index contributed by atoms with van der Waals surface area (Å²) in [5, 5.41) is 3.05. The Kier molecular flexibility index (Phi) is 4.36. The largest absolute Gasteiger partial charge is 0.369 e. The molecular weight excluding hydrogens is 320 g/mol. The molecule has 3 rings (SSSR count). The zero-order chi connectivity index (χ0) is 13.1. The fourth-order valence-electron chi connectivity index (χ4n) is 2.77. The van der Waals surface area contributed by atoms with Crippen LogP contribution in [0.2, 0.25) is 0 Å². The van der Waals surface area contributed by atoms with Gasteiger partial charge in [0.2, 0.25) is 0 Å². The van der Waals surface area contributed by atoms with E-state index in [0.29, 0.717) is 12.0 Å². The topological polar surface area (TPSA) is 9.23 Å². The number of benzene rings is 1. The molecule has 19 heavy (non-hydrogen) atoms. The maximum Gasteiger partial charge on any atom is 0.0926 e. The van der Waals surface area contributed by atoms with E-state index in [-0.39, 0.29) is 6.10 Å². The van der Waals surface area contributed by atoms with Crippen LogP contribution in [0.3, 0.4) is 0 Å². The molecule has 0 spiro atoms. The number of thiophene rings is 1. The SMILES string of the molecule is BrC[C@H]1C[C@@H](c2ccccc2)C[C@H](c2cccs2)O1. The molecule has 2 heterocycles. The van der Waals surface area contributed by atoms with Crippen molar-refractivity contribution in [2.45, 2.75) is 31.0 Å². The molecule has 1 nitrogen and oxygen atoms in total. The van der Waals surface area contributed by atoms with Gasteiger partial charge in [0.05, 0.1) is 12.2 Å². The van der Waals surface area contributed by atoms with Gasteiger partial charge >= 0.3 is 0 Å². The highest BCUT2D eigenvalue weighted by atomic mass is 79.9. The highest BCUT2D eigenvalue weighted by Crippen LogP contribution is 2.41. The predicted molar refractivity (Wildman–Crippen MR) is 84.1 cm³/mol. The smallest absolute Gasteiger partial charge is 0.0926 e. The lowest BCUT2D eigenvalue weighted by Crippen LogP contribution is -2.28. The first-order valence-electron chi connectivity index (χ1n) is 6.66. The third-order valence-electron chi connectivity index (χ3n) is 3.71. The van der Waals surface area contributed by atoms with Gasteiger partial charge in [-0.05, 0) is 35.8 Å². The second kappa shape index (κ2) is 6.21. The van der Waals surface area contributed by atoms with E-state index in [1.54, 1.807) is 11.3 Å². The van der Waals surface area contributed by atoms with E-state index in [1.165, 1.54) is 10.4 Å². The van der Waals surface area contributed by atoms with Crippen molar-refractivity contribution in [2.24, 2.45) is 0 Å². The summed E-state index contributed by atoms with van der Waals surface area (Å²) < 4.78 is 6.20. The van der Waals surface area contributed by atoms with Gasteiger partial charge in [-0.2, -0.15) is 0 Å². The molecule has 1 aliphatic heterocycles. The van der Waals surface area contributed by atoms with Gasteiger partial charge in [-0.15, -0.1) is 11.3 Å². The molecule has 1 aromatic carbocycles. The van der Waals surface area contributed by atoms with Crippen molar-refractivity contribution in [3.05, 3.63) is 58.3 Å². The van der Waals surface area contributed by atoms with Crippen LogP contribution in [-0.4, -0.2) is 11.4 Å². The number of ether oxygens (including phenoxy) is 1. The summed E-state index contributed by atoms with van der Waals surface area (Å²) in [7, 11) is 0. The molecule has 1 aliphatic rings. The standard InChI is InChI=1S/C16H17BrOS/c17-11-14-9-13(12-5-2-1-3-6-12)10-15(18-14)16-7-4-8-19-16/h1-8,13-15H,9-11H2/t13-,14-,15-/m1/s1. The highest BCUT2D eigenvalue weighted by Gasteiger charge is 2.31. The Bertz CT molecular complexity index is 497. The molecule has 0 radical (unpaired) electrons. The average molecular weight is 337 g/mol. The van der Waals surface area contributed by atoms with Crippen molar-refractivity contribution < 1.29 is 4.74 Å². The van der Waals surface area contributed by atoms with Crippen molar-refractivity contribution in [2.75, 3.05) is 5.33 Å². The lowest BCUT2D eigenvalue weighted by atomic mass is 9.86. The van der Waals surface area contributed by atoms with Gasteiger partial charge in [0.15, 0.2) is 0 Å². The van der Waals surface area contributed by atoms with E-state index in [1.807, 2.05) is 0 Å².